The number of pyridine rings is 1. The van der Waals surface area contributed by atoms with Crippen molar-refractivity contribution in [2.24, 2.45) is 5.92 Å². The first-order valence-electron chi connectivity index (χ1n) is 9.08. The highest BCUT2D eigenvalue weighted by molar-refractivity contribution is 5.77. The number of likely N-dealkylation sites (tertiary alicyclic amines) is 1. The van der Waals surface area contributed by atoms with Crippen molar-refractivity contribution in [3.05, 3.63) is 42.7 Å². The van der Waals surface area contributed by atoms with Crippen molar-refractivity contribution >= 4 is 5.91 Å². The average Bonchev–Trinajstić information content (AvgIpc) is 2.67. The van der Waals surface area contributed by atoms with E-state index in [1.54, 1.807) is 13.3 Å². The Balaban J connectivity index is 1.71. The van der Waals surface area contributed by atoms with Gasteiger partial charge in [-0.3, -0.25) is 9.78 Å². The van der Waals surface area contributed by atoms with Crippen LogP contribution in [0.1, 0.15) is 26.7 Å². The van der Waals surface area contributed by atoms with Gasteiger partial charge in [0.15, 0.2) is 0 Å². The molecule has 1 aliphatic rings. The maximum atomic E-state index is 12.0. The molecule has 1 aliphatic heterocycles. The van der Waals surface area contributed by atoms with Gasteiger partial charge in [0.2, 0.25) is 5.91 Å². The second-order valence-corrected chi connectivity index (χ2v) is 6.99. The van der Waals surface area contributed by atoms with Crippen molar-refractivity contribution in [2.75, 3.05) is 20.3 Å². The lowest BCUT2D eigenvalue weighted by atomic mass is 9.97. The van der Waals surface area contributed by atoms with Crippen molar-refractivity contribution in [2.45, 2.75) is 32.7 Å². The summed E-state index contributed by atoms with van der Waals surface area (Å²) in [5.74, 6) is 2.12. The molecule has 2 heterocycles. The van der Waals surface area contributed by atoms with Crippen LogP contribution in [0.4, 0.5) is 0 Å². The molecule has 0 spiro atoms. The summed E-state index contributed by atoms with van der Waals surface area (Å²) in [6.07, 6.45) is 5.06. The van der Waals surface area contributed by atoms with Gasteiger partial charge in [-0.05, 0) is 44.0 Å². The van der Waals surface area contributed by atoms with E-state index in [9.17, 15) is 4.79 Å². The fourth-order valence-electron chi connectivity index (χ4n) is 3.26. The zero-order valence-electron chi connectivity index (χ0n) is 15.6. The molecule has 1 saturated heterocycles. The van der Waals surface area contributed by atoms with Crippen LogP contribution in [0, 0.1) is 5.92 Å². The molecular weight excluding hydrogens is 328 g/mol. The van der Waals surface area contributed by atoms with E-state index in [4.69, 9.17) is 9.47 Å². The molecule has 26 heavy (non-hydrogen) atoms. The van der Waals surface area contributed by atoms with Crippen molar-refractivity contribution in [3.8, 4) is 22.6 Å². The minimum absolute atomic E-state index is 0.235. The van der Waals surface area contributed by atoms with E-state index in [2.05, 4.69) is 18.8 Å². The molecule has 1 atom stereocenters. The van der Waals surface area contributed by atoms with Crippen LogP contribution in [-0.2, 0) is 4.79 Å². The third-order valence-corrected chi connectivity index (χ3v) is 4.76. The number of methoxy groups -OCH3 is 1. The number of carbonyl (C=O) groups excluding carboxylic acids is 1. The van der Waals surface area contributed by atoms with Crippen molar-refractivity contribution in [1.29, 1.82) is 0 Å². The zero-order chi connectivity index (χ0) is 18.5. The molecule has 0 aliphatic carbocycles. The second-order valence-electron chi connectivity index (χ2n) is 6.99. The van der Waals surface area contributed by atoms with Gasteiger partial charge in [-0.25, -0.2) is 0 Å². The first kappa shape index (κ1) is 18.2. The Morgan fingerprint density at radius 1 is 1.23 bits per heavy atom. The molecule has 1 aromatic heterocycles. The normalized spacial score (nSPS) is 17.5. The average molecular weight is 354 g/mol. The summed E-state index contributed by atoms with van der Waals surface area (Å²) in [5.41, 5.74) is 2.03. The zero-order valence-corrected chi connectivity index (χ0v) is 15.6. The number of benzene rings is 1. The van der Waals surface area contributed by atoms with Crippen molar-refractivity contribution < 1.29 is 14.3 Å². The van der Waals surface area contributed by atoms with Gasteiger partial charge < -0.3 is 14.4 Å². The van der Waals surface area contributed by atoms with Crippen LogP contribution in [0.15, 0.2) is 42.7 Å². The van der Waals surface area contributed by atoms with Crippen LogP contribution < -0.4 is 9.47 Å². The highest BCUT2D eigenvalue weighted by atomic mass is 16.5. The quantitative estimate of drug-likeness (QED) is 0.792. The molecule has 1 amide bonds. The van der Waals surface area contributed by atoms with Crippen LogP contribution in [0.25, 0.3) is 11.1 Å². The van der Waals surface area contributed by atoms with Gasteiger partial charge in [-0.15, -0.1) is 0 Å². The van der Waals surface area contributed by atoms with Crippen LogP contribution in [0.2, 0.25) is 0 Å². The monoisotopic (exact) mass is 354 g/mol. The van der Waals surface area contributed by atoms with Crippen LogP contribution in [-0.4, -0.2) is 42.1 Å². The number of carbonyl (C=O) groups is 1. The van der Waals surface area contributed by atoms with E-state index in [-0.39, 0.29) is 11.9 Å². The fourth-order valence-corrected chi connectivity index (χ4v) is 3.26. The van der Waals surface area contributed by atoms with Gasteiger partial charge in [0.05, 0.1) is 13.7 Å². The topological polar surface area (TPSA) is 51.7 Å². The van der Waals surface area contributed by atoms with Gasteiger partial charge in [0, 0.05) is 48.9 Å². The van der Waals surface area contributed by atoms with Crippen LogP contribution in [0.3, 0.4) is 0 Å². The predicted octanol–water partition coefficient (Wildman–Crippen LogP) is 3.78. The minimum Gasteiger partial charge on any atom is -0.497 e. The number of amides is 1. The lowest BCUT2D eigenvalue weighted by Gasteiger charge is -2.35. The van der Waals surface area contributed by atoms with Gasteiger partial charge in [0.25, 0.3) is 0 Å². The summed E-state index contributed by atoms with van der Waals surface area (Å²) in [6, 6.07) is 10.0. The maximum absolute atomic E-state index is 12.0. The summed E-state index contributed by atoms with van der Waals surface area (Å²) < 4.78 is 11.5. The molecule has 1 aromatic carbocycles. The van der Waals surface area contributed by atoms with Gasteiger partial charge >= 0.3 is 0 Å². The third-order valence-electron chi connectivity index (χ3n) is 4.76. The third kappa shape index (κ3) is 4.34. The minimum atomic E-state index is 0.235. The number of aromatic nitrogens is 1. The second kappa shape index (κ2) is 8.21. The number of piperidine rings is 1. The molecule has 0 N–H and O–H groups in total. The molecular formula is C21H26N2O3. The summed E-state index contributed by atoms with van der Waals surface area (Å²) in [7, 11) is 1.65. The Hall–Kier alpha value is -2.56. The van der Waals surface area contributed by atoms with Crippen molar-refractivity contribution in [1.82, 2.24) is 9.88 Å². The molecule has 0 bridgehead atoms. The number of hydrogen-bond acceptors (Lipinski definition) is 4. The lowest BCUT2D eigenvalue weighted by molar-refractivity contribution is -0.137. The van der Waals surface area contributed by atoms with E-state index in [0.29, 0.717) is 18.9 Å². The molecule has 5 heteroatoms. The Morgan fingerprint density at radius 2 is 2.04 bits per heavy atom. The largest absolute Gasteiger partial charge is 0.497 e. The summed E-state index contributed by atoms with van der Waals surface area (Å²) >= 11 is 0. The molecule has 2 aromatic rings. The van der Waals surface area contributed by atoms with Crippen molar-refractivity contribution in [3.63, 3.8) is 0 Å². The van der Waals surface area contributed by atoms with Gasteiger partial charge in [-0.2, -0.15) is 0 Å². The first-order chi connectivity index (χ1) is 12.6. The van der Waals surface area contributed by atoms with E-state index < -0.39 is 0 Å². The van der Waals surface area contributed by atoms with Crippen LogP contribution in [0.5, 0.6) is 11.5 Å². The lowest BCUT2D eigenvalue weighted by Crippen LogP contribution is -2.45. The Kier molecular flexibility index (Phi) is 5.76. The number of rotatable bonds is 6. The maximum Gasteiger partial charge on any atom is 0.222 e. The highest BCUT2D eigenvalue weighted by Gasteiger charge is 2.27. The summed E-state index contributed by atoms with van der Waals surface area (Å²) in [6.45, 7) is 5.47. The highest BCUT2D eigenvalue weighted by Crippen LogP contribution is 2.30. The van der Waals surface area contributed by atoms with E-state index >= 15 is 0 Å². The Morgan fingerprint density at radius 3 is 2.73 bits per heavy atom. The Labute approximate surface area is 155 Å². The summed E-state index contributed by atoms with van der Waals surface area (Å²) in [4.78, 5) is 18.1. The molecule has 5 nitrogen and oxygen atoms in total. The van der Waals surface area contributed by atoms with E-state index in [0.717, 1.165) is 35.6 Å². The SMILES string of the molecule is COc1cc(OCC2CCC(=O)N(C(C)C)C2)cc(-c2cccnc2)c1. The number of ether oxygens (including phenoxy) is 2. The molecule has 138 valence electrons. The van der Waals surface area contributed by atoms with E-state index in [1.807, 2.05) is 41.4 Å². The number of hydrogen-bond donors (Lipinski definition) is 0. The molecule has 1 fully saturated rings. The predicted molar refractivity (Wildman–Crippen MR) is 101 cm³/mol. The first-order valence-corrected chi connectivity index (χ1v) is 9.08. The standard InChI is InChI=1S/C21H26N2O3/c1-15(2)23-13-16(6-7-21(23)24)14-26-20-10-18(9-19(11-20)25-3)17-5-4-8-22-12-17/h4-5,8-12,15-16H,6-7,13-14H2,1-3H3. The number of nitrogens with zero attached hydrogens (tertiary/aromatic N) is 2. The Bertz CT molecular complexity index is 746. The van der Waals surface area contributed by atoms with Gasteiger partial charge in [-0.1, -0.05) is 6.07 Å². The molecule has 0 radical (unpaired) electrons. The molecule has 3 rings (SSSR count). The molecule has 0 saturated carbocycles. The fraction of sp³-hybridized carbons (Fsp3) is 0.429. The van der Waals surface area contributed by atoms with E-state index in [1.165, 1.54) is 0 Å². The van der Waals surface area contributed by atoms with Gasteiger partial charge in [0.1, 0.15) is 11.5 Å². The summed E-state index contributed by atoms with van der Waals surface area (Å²) in [5, 5.41) is 0. The molecule has 1 unspecified atom stereocenters. The van der Waals surface area contributed by atoms with Crippen LogP contribution >= 0.6 is 0 Å². The smallest absolute Gasteiger partial charge is 0.222 e.